The number of rotatable bonds is 3. The maximum absolute atomic E-state index is 12.5. The van der Waals surface area contributed by atoms with Crippen LogP contribution in [0.15, 0.2) is 0 Å². The van der Waals surface area contributed by atoms with Gasteiger partial charge in [0.25, 0.3) is 0 Å². The normalized spacial score (nSPS) is 15.7. The first kappa shape index (κ1) is 8.85. The summed E-state index contributed by atoms with van der Waals surface area (Å²) < 4.78 is 12.5. The number of alkyl halides is 1. The van der Waals surface area contributed by atoms with E-state index in [-0.39, 0.29) is 13.0 Å². The molecule has 0 radical (unpaired) electrons. The van der Waals surface area contributed by atoms with Crippen LogP contribution in [-0.2, 0) is 0 Å². The summed E-state index contributed by atoms with van der Waals surface area (Å²) in [6, 6.07) is 0. The van der Waals surface area contributed by atoms with Crippen LogP contribution in [0.2, 0.25) is 0 Å². The molecule has 56 valence electrons. The molecule has 0 fully saturated rings. The van der Waals surface area contributed by atoms with Gasteiger partial charge in [-0.3, -0.25) is 0 Å². The third-order valence-corrected chi connectivity index (χ3v) is 1.15. The van der Waals surface area contributed by atoms with E-state index in [1.165, 1.54) is 13.8 Å². The van der Waals surface area contributed by atoms with E-state index in [0.29, 0.717) is 0 Å². The summed E-state index contributed by atoms with van der Waals surface area (Å²) in [7, 11) is 0. The van der Waals surface area contributed by atoms with Crippen LogP contribution in [0.5, 0.6) is 0 Å². The highest BCUT2D eigenvalue weighted by Gasteiger charge is 2.25. The van der Waals surface area contributed by atoms with Crippen molar-refractivity contribution in [3.05, 3.63) is 0 Å². The average molecular weight is 136 g/mol. The Bertz CT molecular complexity index is 77.6. The predicted molar refractivity (Wildman–Crippen MR) is 32.9 cm³/mol. The summed E-state index contributed by atoms with van der Waals surface area (Å²) in [6.07, 6.45) is -1.33. The lowest BCUT2D eigenvalue weighted by molar-refractivity contribution is -0.0130. The molecule has 0 aromatic rings. The summed E-state index contributed by atoms with van der Waals surface area (Å²) in [5.74, 6) is 0. The predicted octanol–water partition coefficient (Wildman–Crippen LogP) is 0.478. The van der Waals surface area contributed by atoms with E-state index in [9.17, 15) is 4.39 Å². The first-order valence-electron chi connectivity index (χ1n) is 2.95. The van der Waals surface area contributed by atoms with Crippen LogP contribution in [0.3, 0.4) is 0 Å². The minimum Gasteiger partial charge on any atom is -0.396 e. The van der Waals surface area contributed by atoms with Crippen LogP contribution >= 0.6 is 0 Å². The van der Waals surface area contributed by atoms with Crippen LogP contribution in [0.25, 0.3) is 0 Å². The highest BCUT2D eigenvalue weighted by Crippen LogP contribution is 2.14. The van der Waals surface area contributed by atoms with E-state index < -0.39 is 11.8 Å². The molecule has 0 aliphatic carbocycles. The molecule has 0 heterocycles. The van der Waals surface area contributed by atoms with Gasteiger partial charge < -0.3 is 10.2 Å². The molecule has 0 aliphatic rings. The van der Waals surface area contributed by atoms with Crippen molar-refractivity contribution in [3.63, 3.8) is 0 Å². The van der Waals surface area contributed by atoms with E-state index in [0.717, 1.165) is 0 Å². The van der Waals surface area contributed by atoms with Gasteiger partial charge in [-0.2, -0.15) is 0 Å². The zero-order valence-corrected chi connectivity index (χ0v) is 5.76. The standard InChI is InChI=1S/C6H13FO2/c1-6(2,9)5(7)3-4-8/h5,8-9H,3-4H2,1-2H3. The van der Waals surface area contributed by atoms with Crippen LogP contribution in [0.4, 0.5) is 4.39 Å². The van der Waals surface area contributed by atoms with Crippen LogP contribution in [-0.4, -0.2) is 28.6 Å². The van der Waals surface area contributed by atoms with Crippen molar-refractivity contribution in [1.82, 2.24) is 0 Å². The summed E-state index contributed by atoms with van der Waals surface area (Å²) in [5, 5.41) is 17.2. The van der Waals surface area contributed by atoms with Gasteiger partial charge in [0.2, 0.25) is 0 Å². The third kappa shape index (κ3) is 3.43. The Labute approximate surface area is 54.3 Å². The molecule has 0 saturated carbocycles. The first-order valence-corrected chi connectivity index (χ1v) is 2.95. The molecule has 3 heteroatoms. The maximum Gasteiger partial charge on any atom is 0.130 e. The fourth-order valence-electron chi connectivity index (χ4n) is 0.467. The molecule has 2 N–H and O–H groups in total. The summed E-state index contributed by atoms with van der Waals surface area (Å²) in [4.78, 5) is 0. The van der Waals surface area contributed by atoms with Crippen LogP contribution in [0, 0.1) is 0 Å². The smallest absolute Gasteiger partial charge is 0.130 e. The number of halogens is 1. The van der Waals surface area contributed by atoms with Gasteiger partial charge in [0.15, 0.2) is 0 Å². The van der Waals surface area contributed by atoms with Crippen LogP contribution in [0.1, 0.15) is 20.3 Å². The van der Waals surface area contributed by atoms with Gasteiger partial charge in [-0.1, -0.05) is 0 Å². The Balaban J connectivity index is 3.59. The highest BCUT2D eigenvalue weighted by atomic mass is 19.1. The molecule has 0 saturated heterocycles. The maximum atomic E-state index is 12.5. The van der Waals surface area contributed by atoms with Gasteiger partial charge in [0.05, 0.1) is 5.60 Å². The summed E-state index contributed by atoms with van der Waals surface area (Å²) in [6.45, 7) is 2.55. The van der Waals surface area contributed by atoms with Gasteiger partial charge >= 0.3 is 0 Å². The second-order valence-electron chi connectivity index (χ2n) is 2.63. The highest BCUT2D eigenvalue weighted by molar-refractivity contribution is 4.75. The van der Waals surface area contributed by atoms with E-state index in [1.54, 1.807) is 0 Å². The van der Waals surface area contributed by atoms with Crippen LogP contribution < -0.4 is 0 Å². The van der Waals surface area contributed by atoms with Crippen molar-refractivity contribution in [3.8, 4) is 0 Å². The van der Waals surface area contributed by atoms with Crippen molar-refractivity contribution < 1.29 is 14.6 Å². The van der Waals surface area contributed by atoms with Crippen molar-refractivity contribution in [2.45, 2.75) is 32.0 Å². The van der Waals surface area contributed by atoms with Crippen molar-refractivity contribution in [2.24, 2.45) is 0 Å². The molecule has 2 nitrogen and oxygen atoms in total. The average Bonchev–Trinajstić information content (AvgIpc) is 1.64. The van der Waals surface area contributed by atoms with Gasteiger partial charge in [-0.05, 0) is 13.8 Å². The minimum absolute atomic E-state index is 0.00347. The largest absolute Gasteiger partial charge is 0.396 e. The summed E-state index contributed by atoms with van der Waals surface area (Å²) >= 11 is 0. The Morgan fingerprint density at radius 1 is 1.56 bits per heavy atom. The first-order chi connectivity index (χ1) is 3.98. The van der Waals surface area contributed by atoms with E-state index in [4.69, 9.17) is 10.2 Å². The molecule has 0 amide bonds. The molecular weight excluding hydrogens is 123 g/mol. The second kappa shape index (κ2) is 3.13. The van der Waals surface area contributed by atoms with Gasteiger partial charge in [-0.15, -0.1) is 0 Å². The lowest BCUT2D eigenvalue weighted by atomic mass is 10.0. The zero-order valence-electron chi connectivity index (χ0n) is 5.76. The zero-order chi connectivity index (χ0) is 7.49. The molecule has 0 spiro atoms. The molecule has 0 rings (SSSR count). The van der Waals surface area contributed by atoms with Crippen molar-refractivity contribution in [1.29, 1.82) is 0 Å². The van der Waals surface area contributed by atoms with Gasteiger partial charge in [0, 0.05) is 13.0 Å². The lowest BCUT2D eigenvalue weighted by Gasteiger charge is -2.20. The van der Waals surface area contributed by atoms with Crippen molar-refractivity contribution >= 4 is 0 Å². The van der Waals surface area contributed by atoms with Gasteiger partial charge in [-0.25, -0.2) is 4.39 Å². The van der Waals surface area contributed by atoms with E-state index in [2.05, 4.69) is 0 Å². The third-order valence-electron chi connectivity index (χ3n) is 1.15. The molecule has 1 unspecified atom stereocenters. The SMILES string of the molecule is CC(C)(O)C(F)CCO. The lowest BCUT2D eigenvalue weighted by Crippen LogP contribution is -2.32. The molecular formula is C6H13FO2. The molecule has 0 aromatic heterocycles. The Kier molecular flexibility index (Phi) is 3.08. The van der Waals surface area contributed by atoms with Crippen molar-refractivity contribution in [2.75, 3.05) is 6.61 Å². The molecule has 0 bridgehead atoms. The molecule has 9 heavy (non-hydrogen) atoms. The summed E-state index contributed by atoms with van der Waals surface area (Å²) in [5.41, 5.74) is -1.32. The Morgan fingerprint density at radius 3 is 2.11 bits per heavy atom. The fraction of sp³-hybridized carbons (Fsp3) is 1.00. The number of hydrogen-bond donors (Lipinski definition) is 2. The number of aliphatic hydroxyl groups is 2. The van der Waals surface area contributed by atoms with Gasteiger partial charge in [0.1, 0.15) is 6.17 Å². The topological polar surface area (TPSA) is 40.5 Å². The monoisotopic (exact) mass is 136 g/mol. The Morgan fingerprint density at radius 2 is 2.00 bits per heavy atom. The Hall–Kier alpha value is -0.150. The minimum atomic E-state index is -1.33. The van der Waals surface area contributed by atoms with E-state index in [1.807, 2.05) is 0 Å². The number of aliphatic hydroxyl groups excluding tert-OH is 1. The molecule has 0 aromatic carbocycles. The number of hydrogen-bond acceptors (Lipinski definition) is 2. The second-order valence-corrected chi connectivity index (χ2v) is 2.63. The quantitative estimate of drug-likeness (QED) is 0.592. The molecule has 0 aliphatic heterocycles. The molecule has 1 atom stereocenters. The fourth-order valence-corrected chi connectivity index (χ4v) is 0.467. The van der Waals surface area contributed by atoms with E-state index >= 15 is 0 Å².